The lowest BCUT2D eigenvalue weighted by atomic mass is 9.85. The van der Waals surface area contributed by atoms with Crippen LogP contribution in [0.4, 0.5) is 0 Å². The van der Waals surface area contributed by atoms with Crippen molar-refractivity contribution in [3.05, 3.63) is 58.3 Å². The first-order chi connectivity index (χ1) is 11.7. The smallest absolute Gasteiger partial charge is 0.348 e. The molecule has 3 aliphatic rings. The van der Waals surface area contributed by atoms with Gasteiger partial charge in [-0.1, -0.05) is 36.4 Å². The van der Waals surface area contributed by atoms with Gasteiger partial charge in [-0.05, 0) is 43.3 Å². The highest BCUT2D eigenvalue weighted by Crippen LogP contribution is 2.36. The number of carbonyl (C=O) groups excluding carboxylic acids is 1. The van der Waals surface area contributed by atoms with Gasteiger partial charge in [0, 0.05) is 12.1 Å². The summed E-state index contributed by atoms with van der Waals surface area (Å²) < 4.78 is 5.84. The first kappa shape index (κ1) is 15.8. The Hall–Kier alpha value is -1.69. The molecule has 2 atom stereocenters. The zero-order valence-corrected chi connectivity index (χ0v) is 14.2. The number of fused-ring (bicyclic) bond motifs is 3. The summed E-state index contributed by atoms with van der Waals surface area (Å²) in [6.07, 6.45) is 2.02. The number of esters is 1. The van der Waals surface area contributed by atoms with Crippen molar-refractivity contribution in [1.82, 2.24) is 4.90 Å². The molecule has 0 amide bonds. The third-order valence-electron chi connectivity index (χ3n) is 5.22. The van der Waals surface area contributed by atoms with E-state index in [0.29, 0.717) is 16.4 Å². The Bertz CT molecular complexity index is 695. The molecular formula is C19H21NO3S. The van der Waals surface area contributed by atoms with Gasteiger partial charge in [-0.25, -0.2) is 4.79 Å². The minimum Gasteiger partial charge on any atom is -0.458 e. The van der Waals surface area contributed by atoms with Gasteiger partial charge < -0.3 is 9.84 Å². The predicted molar refractivity (Wildman–Crippen MR) is 92.8 cm³/mol. The first-order valence-corrected chi connectivity index (χ1v) is 9.31. The zero-order chi connectivity index (χ0) is 16.6. The molecule has 0 spiro atoms. The van der Waals surface area contributed by atoms with E-state index in [1.807, 2.05) is 29.6 Å². The van der Waals surface area contributed by atoms with Gasteiger partial charge in [-0.15, -0.1) is 11.3 Å². The maximum Gasteiger partial charge on any atom is 0.348 e. The second-order valence-corrected chi connectivity index (χ2v) is 7.58. The molecule has 126 valence electrons. The van der Waals surface area contributed by atoms with Crippen molar-refractivity contribution in [2.45, 2.75) is 24.5 Å². The monoisotopic (exact) mass is 343 g/mol. The summed E-state index contributed by atoms with van der Waals surface area (Å²) in [4.78, 5) is 16.0. The molecule has 5 heteroatoms. The van der Waals surface area contributed by atoms with Gasteiger partial charge in [0.25, 0.3) is 0 Å². The maximum absolute atomic E-state index is 13.0. The summed E-state index contributed by atoms with van der Waals surface area (Å²) >= 11 is 1.37. The molecule has 24 heavy (non-hydrogen) atoms. The number of nitrogens with zero attached hydrogens (tertiary/aromatic N) is 1. The average molecular weight is 343 g/mol. The molecule has 0 saturated carbocycles. The molecule has 3 aliphatic heterocycles. The number of hydrogen-bond acceptors (Lipinski definition) is 5. The fraction of sp³-hybridized carbons (Fsp3) is 0.421. The van der Waals surface area contributed by atoms with Crippen LogP contribution in [0, 0.1) is 5.92 Å². The standard InChI is InChI=1S/C19H21NO3S/c21-18(23-16-13-20-10-8-14(16)9-11-20)19(22,17-7-4-12-24-17)15-5-2-1-3-6-15/h1-7,12,14,16,22H,8-11,13H2. The van der Waals surface area contributed by atoms with Crippen LogP contribution in [0.3, 0.4) is 0 Å². The van der Waals surface area contributed by atoms with Gasteiger partial charge in [0.2, 0.25) is 5.60 Å². The van der Waals surface area contributed by atoms with E-state index >= 15 is 0 Å². The molecule has 3 saturated heterocycles. The van der Waals surface area contributed by atoms with Crippen molar-refractivity contribution in [3.63, 3.8) is 0 Å². The molecular weight excluding hydrogens is 322 g/mol. The normalized spacial score (nSPS) is 28.3. The van der Waals surface area contributed by atoms with E-state index in [2.05, 4.69) is 4.90 Å². The van der Waals surface area contributed by atoms with E-state index < -0.39 is 11.6 Å². The lowest BCUT2D eigenvalue weighted by Crippen LogP contribution is -2.53. The molecule has 1 N–H and O–H groups in total. The van der Waals surface area contributed by atoms with E-state index in [0.717, 1.165) is 32.5 Å². The van der Waals surface area contributed by atoms with Gasteiger partial charge in [0.1, 0.15) is 6.10 Å². The van der Waals surface area contributed by atoms with Crippen molar-refractivity contribution in [2.75, 3.05) is 19.6 Å². The number of thiophene rings is 1. The summed E-state index contributed by atoms with van der Waals surface area (Å²) in [6, 6.07) is 12.7. The lowest BCUT2D eigenvalue weighted by molar-refractivity contribution is -0.176. The fourth-order valence-electron chi connectivity index (χ4n) is 3.79. The van der Waals surface area contributed by atoms with Crippen LogP contribution in [0.1, 0.15) is 23.3 Å². The molecule has 2 aromatic rings. The third kappa shape index (κ3) is 2.66. The van der Waals surface area contributed by atoms with Crippen molar-refractivity contribution in [1.29, 1.82) is 0 Å². The maximum atomic E-state index is 13.0. The molecule has 2 bridgehead atoms. The highest BCUT2D eigenvalue weighted by Gasteiger charge is 2.46. The predicted octanol–water partition coefficient (Wildman–Crippen LogP) is 2.62. The molecule has 4 heterocycles. The number of piperidine rings is 3. The van der Waals surface area contributed by atoms with Gasteiger partial charge in [0.15, 0.2) is 0 Å². The molecule has 3 fully saturated rings. The van der Waals surface area contributed by atoms with Crippen LogP contribution >= 0.6 is 11.3 Å². The van der Waals surface area contributed by atoms with Crippen LogP contribution in [0.25, 0.3) is 0 Å². The van der Waals surface area contributed by atoms with Crippen LogP contribution in [-0.4, -0.2) is 41.7 Å². The molecule has 0 radical (unpaired) electrons. The van der Waals surface area contributed by atoms with Crippen LogP contribution < -0.4 is 0 Å². The molecule has 0 aliphatic carbocycles. The van der Waals surface area contributed by atoms with Gasteiger partial charge >= 0.3 is 5.97 Å². The van der Waals surface area contributed by atoms with Crippen molar-refractivity contribution < 1.29 is 14.6 Å². The largest absolute Gasteiger partial charge is 0.458 e. The Balaban J connectivity index is 1.63. The number of carbonyl (C=O) groups is 1. The van der Waals surface area contributed by atoms with Crippen LogP contribution in [0.2, 0.25) is 0 Å². The summed E-state index contributed by atoms with van der Waals surface area (Å²) in [5.41, 5.74) is -1.18. The topological polar surface area (TPSA) is 49.8 Å². The number of benzene rings is 1. The quantitative estimate of drug-likeness (QED) is 0.867. The van der Waals surface area contributed by atoms with E-state index in [-0.39, 0.29) is 6.10 Å². The van der Waals surface area contributed by atoms with Crippen LogP contribution in [-0.2, 0) is 15.1 Å². The second-order valence-electron chi connectivity index (χ2n) is 6.64. The summed E-state index contributed by atoms with van der Waals surface area (Å²) in [6.45, 7) is 2.96. The minimum atomic E-state index is -1.73. The van der Waals surface area contributed by atoms with Crippen LogP contribution in [0.15, 0.2) is 47.8 Å². The fourth-order valence-corrected chi connectivity index (χ4v) is 4.62. The van der Waals surface area contributed by atoms with E-state index in [9.17, 15) is 9.90 Å². The van der Waals surface area contributed by atoms with E-state index in [4.69, 9.17) is 4.74 Å². The van der Waals surface area contributed by atoms with Gasteiger partial charge in [-0.2, -0.15) is 0 Å². The Morgan fingerprint density at radius 2 is 1.92 bits per heavy atom. The van der Waals surface area contributed by atoms with Crippen LogP contribution in [0.5, 0.6) is 0 Å². The highest BCUT2D eigenvalue weighted by atomic mass is 32.1. The Morgan fingerprint density at radius 3 is 2.50 bits per heavy atom. The SMILES string of the molecule is O=C(OC1CN2CCC1CC2)C(O)(c1ccccc1)c1cccs1. The number of aliphatic hydroxyl groups is 1. The molecule has 2 unspecified atom stereocenters. The minimum absolute atomic E-state index is 0.116. The zero-order valence-electron chi connectivity index (χ0n) is 13.4. The Labute approximate surface area is 145 Å². The molecule has 4 nitrogen and oxygen atoms in total. The summed E-state index contributed by atoms with van der Waals surface area (Å²) in [7, 11) is 0. The van der Waals surface area contributed by atoms with Crippen molar-refractivity contribution >= 4 is 17.3 Å². The van der Waals surface area contributed by atoms with E-state index in [1.165, 1.54) is 11.3 Å². The molecule has 5 rings (SSSR count). The third-order valence-corrected chi connectivity index (χ3v) is 6.20. The van der Waals surface area contributed by atoms with E-state index in [1.54, 1.807) is 18.2 Å². The average Bonchev–Trinajstić information content (AvgIpc) is 3.18. The van der Waals surface area contributed by atoms with Crippen molar-refractivity contribution in [2.24, 2.45) is 5.92 Å². The summed E-state index contributed by atoms with van der Waals surface area (Å²) in [5, 5.41) is 13.2. The Morgan fingerprint density at radius 1 is 1.17 bits per heavy atom. The Kier molecular flexibility index (Phi) is 4.16. The lowest BCUT2D eigenvalue weighted by Gasteiger charge is -2.44. The highest BCUT2D eigenvalue weighted by molar-refractivity contribution is 7.10. The van der Waals surface area contributed by atoms with Gasteiger partial charge in [-0.3, -0.25) is 4.90 Å². The number of ether oxygens (including phenoxy) is 1. The van der Waals surface area contributed by atoms with Crippen molar-refractivity contribution in [3.8, 4) is 0 Å². The number of rotatable bonds is 4. The first-order valence-electron chi connectivity index (χ1n) is 8.43. The second kappa shape index (κ2) is 6.31. The summed E-state index contributed by atoms with van der Waals surface area (Å²) in [5.74, 6) is -0.141. The molecule has 1 aromatic heterocycles. The number of hydrogen-bond donors (Lipinski definition) is 1. The molecule has 1 aromatic carbocycles. The van der Waals surface area contributed by atoms with Gasteiger partial charge in [0.05, 0.1) is 4.88 Å².